The number of hydrogen-bond acceptors (Lipinski definition) is 2. The van der Waals surface area contributed by atoms with Gasteiger partial charge in [0.05, 0.1) is 5.54 Å². The molecule has 1 aliphatic carbocycles. The van der Waals surface area contributed by atoms with Crippen molar-refractivity contribution in [2.24, 2.45) is 11.7 Å². The molecule has 0 saturated heterocycles. The monoisotopic (exact) mass is 248 g/mol. The fourth-order valence-electron chi connectivity index (χ4n) is 2.22. The van der Waals surface area contributed by atoms with Crippen LogP contribution in [0.15, 0.2) is 0 Å². The Hall–Kier alpha value is -0.280. The SMILES string of the molecule is CCC(CC)CNC(=O)C1(N)CCCC1.Cl. The highest BCUT2D eigenvalue weighted by Crippen LogP contribution is 2.27. The average molecular weight is 249 g/mol. The first-order valence-corrected chi connectivity index (χ1v) is 6.19. The molecule has 0 aromatic carbocycles. The Labute approximate surface area is 105 Å². The van der Waals surface area contributed by atoms with Crippen molar-refractivity contribution in [3.8, 4) is 0 Å². The van der Waals surface area contributed by atoms with Gasteiger partial charge in [0.15, 0.2) is 0 Å². The van der Waals surface area contributed by atoms with Gasteiger partial charge in [0.1, 0.15) is 0 Å². The van der Waals surface area contributed by atoms with E-state index >= 15 is 0 Å². The van der Waals surface area contributed by atoms with Gasteiger partial charge in [0.2, 0.25) is 5.91 Å². The van der Waals surface area contributed by atoms with E-state index in [2.05, 4.69) is 19.2 Å². The van der Waals surface area contributed by atoms with Crippen LogP contribution in [0.25, 0.3) is 0 Å². The maximum atomic E-state index is 11.9. The molecule has 3 nitrogen and oxygen atoms in total. The minimum Gasteiger partial charge on any atom is -0.354 e. The molecular weight excluding hydrogens is 224 g/mol. The summed E-state index contributed by atoms with van der Waals surface area (Å²) in [5.41, 5.74) is 5.50. The van der Waals surface area contributed by atoms with Crippen LogP contribution >= 0.6 is 12.4 Å². The summed E-state index contributed by atoms with van der Waals surface area (Å²) in [5.74, 6) is 0.658. The summed E-state index contributed by atoms with van der Waals surface area (Å²) in [6, 6.07) is 0. The Morgan fingerprint density at radius 3 is 2.25 bits per heavy atom. The number of carbonyl (C=O) groups excluding carboxylic acids is 1. The molecule has 0 aromatic heterocycles. The third kappa shape index (κ3) is 3.95. The average Bonchev–Trinajstić information content (AvgIpc) is 2.68. The van der Waals surface area contributed by atoms with Gasteiger partial charge in [-0.3, -0.25) is 4.79 Å². The summed E-state index contributed by atoms with van der Waals surface area (Å²) < 4.78 is 0. The minimum atomic E-state index is -0.563. The van der Waals surface area contributed by atoms with E-state index in [-0.39, 0.29) is 18.3 Å². The summed E-state index contributed by atoms with van der Waals surface area (Å²) in [7, 11) is 0. The maximum absolute atomic E-state index is 11.9. The lowest BCUT2D eigenvalue weighted by Gasteiger charge is -2.23. The van der Waals surface area contributed by atoms with Crippen LogP contribution in [-0.2, 0) is 4.79 Å². The fourth-order valence-corrected chi connectivity index (χ4v) is 2.22. The number of nitrogens with two attached hydrogens (primary N) is 1. The van der Waals surface area contributed by atoms with E-state index in [1.54, 1.807) is 0 Å². The van der Waals surface area contributed by atoms with Crippen LogP contribution in [0.5, 0.6) is 0 Å². The first-order chi connectivity index (χ1) is 7.12. The lowest BCUT2D eigenvalue weighted by atomic mass is 9.97. The summed E-state index contributed by atoms with van der Waals surface area (Å²) in [6.45, 7) is 5.10. The molecule has 3 N–H and O–H groups in total. The van der Waals surface area contributed by atoms with Crippen LogP contribution < -0.4 is 11.1 Å². The molecule has 0 atom stereocenters. The molecule has 1 aliphatic rings. The molecule has 1 saturated carbocycles. The molecule has 1 fully saturated rings. The summed E-state index contributed by atoms with van der Waals surface area (Å²) >= 11 is 0. The molecule has 0 bridgehead atoms. The van der Waals surface area contributed by atoms with E-state index in [0.717, 1.165) is 45.1 Å². The van der Waals surface area contributed by atoms with Gasteiger partial charge in [-0.1, -0.05) is 39.5 Å². The Kier molecular flexibility index (Phi) is 7.00. The standard InChI is InChI=1S/C12H24N2O.ClH/c1-3-10(4-2)9-14-11(15)12(13)7-5-6-8-12;/h10H,3-9,13H2,1-2H3,(H,14,15);1H. The van der Waals surface area contributed by atoms with Gasteiger partial charge in [-0.15, -0.1) is 12.4 Å². The second-order valence-electron chi connectivity index (χ2n) is 4.76. The van der Waals surface area contributed by atoms with Gasteiger partial charge in [-0.25, -0.2) is 0 Å². The second-order valence-corrected chi connectivity index (χ2v) is 4.76. The zero-order valence-electron chi connectivity index (χ0n) is 10.4. The Balaban J connectivity index is 0.00000225. The number of halogens is 1. The number of nitrogens with one attached hydrogen (secondary N) is 1. The number of carbonyl (C=O) groups is 1. The van der Waals surface area contributed by atoms with E-state index in [1.165, 1.54) is 0 Å². The summed E-state index contributed by atoms with van der Waals surface area (Å²) in [6.07, 6.45) is 6.12. The first kappa shape index (κ1) is 15.7. The van der Waals surface area contributed by atoms with E-state index in [4.69, 9.17) is 5.73 Å². The molecule has 1 rings (SSSR count). The van der Waals surface area contributed by atoms with E-state index in [0.29, 0.717) is 5.92 Å². The topological polar surface area (TPSA) is 55.1 Å². The smallest absolute Gasteiger partial charge is 0.240 e. The molecule has 1 amide bonds. The van der Waals surface area contributed by atoms with Crippen LogP contribution in [0.1, 0.15) is 52.4 Å². The second kappa shape index (κ2) is 7.13. The molecule has 0 aliphatic heterocycles. The highest BCUT2D eigenvalue weighted by Gasteiger charge is 2.36. The quantitative estimate of drug-likeness (QED) is 0.784. The molecule has 96 valence electrons. The fraction of sp³-hybridized carbons (Fsp3) is 0.917. The van der Waals surface area contributed by atoms with Gasteiger partial charge < -0.3 is 11.1 Å². The molecule has 0 unspecified atom stereocenters. The van der Waals surface area contributed by atoms with Crippen LogP contribution in [0.2, 0.25) is 0 Å². The Bertz CT molecular complexity index is 211. The Morgan fingerprint density at radius 2 is 1.81 bits per heavy atom. The van der Waals surface area contributed by atoms with Crippen LogP contribution in [0.3, 0.4) is 0 Å². The third-order valence-corrected chi connectivity index (χ3v) is 3.65. The van der Waals surface area contributed by atoms with Crippen molar-refractivity contribution in [3.63, 3.8) is 0 Å². The highest BCUT2D eigenvalue weighted by molar-refractivity contribution is 5.86. The summed E-state index contributed by atoms with van der Waals surface area (Å²) in [4.78, 5) is 11.9. The van der Waals surface area contributed by atoms with E-state index in [1.807, 2.05) is 0 Å². The molecule has 0 spiro atoms. The number of rotatable bonds is 5. The molecule has 0 radical (unpaired) electrons. The minimum absolute atomic E-state index is 0. The highest BCUT2D eigenvalue weighted by atomic mass is 35.5. The third-order valence-electron chi connectivity index (χ3n) is 3.65. The lowest BCUT2D eigenvalue weighted by Crippen LogP contribution is -2.52. The first-order valence-electron chi connectivity index (χ1n) is 6.19. The van der Waals surface area contributed by atoms with Crippen molar-refractivity contribution in [2.45, 2.75) is 57.9 Å². The van der Waals surface area contributed by atoms with Crippen LogP contribution in [-0.4, -0.2) is 18.0 Å². The molecule has 0 aromatic rings. The van der Waals surface area contributed by atoms with Gasteiger partial charge in [0.25, 0.3) is 0 Å². The maximum Gasteiger partial charge on any atom is 0.240 e. The Morgan fingerprint density at radius 1 is 1.31 bits per heavy atom. The van der Waals surface area contributed by atoms with E-state index in [9.17, 15) is 4.79 Å². The molecule has 4 heteroatoms. The molecule has 16 heavy (non-hydrogen) atoms. The van der Waals surface area contributed by atoms with Gasteiger partial charge in [-0.05, 0) is 18.8 Å². The zero-order chi connectivity index (χ0) is 11.3. The van der Waals surface area contributed by atoms with Crippen molar-refractivity contribution in [3.05, 3.63) is 0 Å². The van der Waals surface area contributed by atoms with Crippen molar-refractivity contribution < 1.29 is 4.79 Å². The largest absolute Gasteiger partial charge is 0.354 e. The predicted molar refractivity (Wildman–Crippen MR) is 69.7 cm³/mol. The normalized spacial score (nSPS) is 18.2. The lowest BCUT2D eigenvalue weighted by molar-refractivity contribution is -0.126. The molecular formula is C12H25ClN2O. The zero-order valence-corrected chi connectivity index (χ0v) is 11.2. The molecule has 0 heterocycles. The predicted octanol–water partition coefficient (Wildman–Crippen LogP) is 2.23. The van der Waals surface area contributed by atoms with Crippen molar-refractivity contribution in [1.82, 2.24) is 5.32 Å². The van der Waals surface area contributed by atoms with Gasteiger partial charge >= 0.3 is 0 Å². The van der Waals surface area contributed by atoms with Crippen molar-refractivity contribution >= 4 is 18.3 Å². The number of amides is 1. The van der Waals surface area contributed by atoms with Crippen LogP contribution in [0.4, 0.5) is 0 Å². The van der Waals surface area contributed by atoms with Crippen molar-refractivity contribution in [2.75, 3.05) is 6.54 Å². The number of hydrogen-bond donors (Lipinski definition) is 2. The van der Waals surface area contributed by atoms with E-state index < -0.39 is 5.54 Å². The van der Waals surface area contributed by atoms with Gasteiger partial charge in [-0.2, -0.15) is 0 Å². The van der Waals surface area contributed by atoms with Crippen molar-refractivity contribution in [1.29, 1.82) is 0 Å². The summed E-state index contributed by atoms with van der Waals surface area (Å²) in [5, 5.41) is 3.00. The van der Waals surface area contributed by atoms with Gasteiger partial charge in [0, 0.05) is 6.54 Å². The van der Waals surface area contributed by atoms with Crippen LogP contribution in [0, 0.1) is 5.92 Å².